The molecule has 1 fully saturated rings. The van der Waals surface area contributed by atoms with Gasteiger partial charge in [0.1, 0.15) is 11.4 Å². The van der Waals surface area contributed by atoms with Gasteiger partial charge in [0.05, 0.1) is 12.1 Å². The van der Waals surface area contributed by atoms with Crippen LogP contribution in [0.3, 0.4) is 0 Å². The second-order valence-electron chi connectivity index (χ2n) is 10.3. The fourth-order valence-corrected chi connectivity index (χ4v) is 5.03. The van der Waals surface area contributed by atoms with Crippen molar-refractivity contribution in [3.8, 4) is 5.88 Å². The molecule has 6 nitrogen and oxygen atoms in total. The Morgan fingerprint density at radius 1 is 1.22 bits per heavy atom. The van der Waals surface area contributed by atoms with E-state index >= 15 is 0 Å². The Labute approximate surface area is 209 Å². The number of alkyl halides is 2. The molecule has 1 saturated carbocycles. The molecule has 0 bridgehead atoms. The highest BCUT2D eigenvalue weighted by atomic mass is 19.3. The molecule has 2 heterocycles. The van der Waals surface area contributed by atoms with Gasteiger partial charge in [-0.2, -0.15) is 0 Å². The summed E-state index contributed by atoms with van der Waals surface area (Å²) in [5, 5.41) is 17.2. The number of rotatable bonds is 10. The van der Waals surface area contributed by atoms with Gasteiger partial charge in [-0.1, -0.05) is 19.1 Å². The Morgan fingerprint density at radius 2 is 1.94 bits per heavy atom. The first kappa shape index (κ1) is 26.4. The van der Waals surface area contributed by atoms with E-state index in [-0.39, 0.29) is 36.3 Å². The van der Waals surface area contributed by atoms with Crippen LogP contribution in [0.4, 0.5) is 13.2 Å². The Bertz CT molecular complexity index is 1050. The highest BCUT2D eigenvalue weighted by molar-refractivity contribution is 5.73. The molecule has 0 radical (unpaired) electrons. The summed E-state index contributed by atoms with van der Waals surface area (Å²) in [6, 6.07) is 7.08. The number of carbonyl (C=O) groups excluding carboxylic acids is 1. The lowest BCUT2D eigenvalue weighted by molar-refractivity contribution is -0.120. The van der Waals surface area contributed by atoms with E-state index in [0.29, 0.717) is 18.7 Å². The number of aromatic nitrogens is 1. The van der Waals surface area contributed by atoms with Crippen LogP contribution in [-0.2, 0) is 17.6 Å². The summed E-state index contributed by atoms with van der Waals surface area (Å²) in [7, 11) is 0. The quantitative estimate of drug-likeness (QED) is 0.453. The van der Waals surface area contributed by atoms with E-state index in [1.807, 2.05) is 6.07 Å². The molecule has 1 spiro atoms. The smallest absolute Gasteiger partial charge is 0.241 e. The number of hydrogen-bond acceptors (Lipinski definition) is 5. The molecule has 1 aliphatic carbocycles. The lowest BCUT2D eigenvalue weighted by Crippen LogP contribution is -2.52. The zero-order valence-electron chi connectivity index (χ0n) is 20.6. The zero-order valence-corrected chi connectivity index (χ0v) is 20.6. The van der Waals surface area contributed by atoms with Crippen molar-refractivity contribution < 1.29 is 27.8 Å². The third-order valence-corrected chi connectivity index (χ3v) is 7.25. The third kappa shape index (κ3) is 6.37. The van der Waals surface area contributed by atoms with Crippen LogP contribution in [0.2, 0.25) is 0 Å². The standard InChI is InChI=1S/C27H34F3N3O3/c1-16(25(29)30)10-19-11-21-23(13-27(8-3-9-27)36-26(21)32-14-19)31-15-24(35)22(33-17(2)34)12-18-4-6-20(28)7-5-18/h4-7,11,14,16,22-25,31,35H,3,8-10,12-13,15H2,1-2H3,(H,33,34)/t16?,22-,23-,24+/m0/s1. The van der Waals surface area contributed by atoms with E-state index in [1.165, 1.54) is 26.0 Å². The maximum absolute atomic E-state index is 13.3. The van der Waals surface area contributed by atoms with Crippen molar-refractivity contribution >= 4 is 5.91 Å². The number of halogens is 3. The van der Waals surface area contributed by atoms with Crippen LogP contribution < -0.4 is 15.4 Å². The fraction of sp³-hybridized carbons (Fsp3) is 0.556. The molecule has 1 aromatic carbocycles. The summed E-state index contributed by atoms with van der Waals surface area (Å²) < 4.78 is 45.7. The van der Waals surface area contributed by atoms with E-state index in [4.69, 9.17) is 4.74 Å². The van der Waals surface area contributed by atoms with Crippen LogP contribution >= 0.6 is 0 Å². The average molecular weight is 506 g/mol. The molecule has 2 aliphatic rings. The van der Waals surface area contributed by atoms with Gasteiger partial charge < -0.3 is 20.5 Å². The molecular weight excluding hydrogens is 471 g/mol. The number of nitrogens with one attached hydrogen (secondary N) is 2. The Hall–Kier alpha value is -2.65. The van der Waals surface area contributed by atoms with Gasteiger partial charge in [-0.3, -0.25) is 4.79 Å². The third-order valence-electron chi connectivity index (χ3n) is 7.25. The SMILES string of the molecule is CC(=O)N[C@@H](Cc1ccc(F)cc1)[C@H](O)CN[C@H]1CC2(CCC2)Oc2ncc(CC(C)C(F)F)cc21. The molecule has 3 N–H and O–H groups in total. The molecule has 1 unspecified atom stereocenters. The predicted molar refractivity (Wildman–Crippen MR) is 129 cm³/mol. The first-order valence-corrected chi connectivity index (χ1v) is 12.5. The first-order valence-electron chi connectivity index (χ1n) is 12.5. The van der Waals surface area contributed by atoms with Gasteiger partial charge in [0.25, 0.3) is 0 Å². The van der Waals surface area contributed by atoms with Crippen LogP contribution in [0.25, 0.3) is 0 Å². The number of benzene rings is 1. The van der Waals surface area contributed by atoms with Gasteiger partial charge in [0.15, 0.2) is 0 Å². The molecule has 1 amide bonds. The number of nitrogens with zero attached hydrogens (tertiary/aromatic N) is 1. The molecule has 196 valence electrons. The van der Waals surface area contributed by atoms with Crippen LogP contribution in [0, 0.1) is 11.7 Å². The number of carbonyl (C=O) groups is 1. The summed E-state index contributed by atoms with van der Waals surface area (Å²) >= 11 is 0. The highest BCUT2D eigenvalue weighted by Gasteiger charge is 2.46. The van der Waals surface area contributed by atoms with Crippen molar-refractivity contribution in [2.45, 2.75) is 82.6 Å². The van der Waals surface area contributed by atoms with Gasteiger partial charge in [0, 0.05) is 43.6 Å². The number of amides is 1. The second-order valence-corrected chi connectivity index (χ2v) is 10.3. The average Bonchev–Trinajstić information content (AvgIpc) is 2.81. The maximum Gasteiger partial charge on any atom is 0.241 e. The van der Waals surface area contributed by atoms with Crippen LogP contribution in [-0.4, -0.2) is 46.7 Å². The number of fused-ring (bicyclic) bond motifs is 1. The summed E-state index contributed by atoms with van der Waals surface area (Å²) in [5.74, 6) is -0.902. The molecule has 2 aromatic rings. The summed E-state index contributed by atoms with van der Waals surface area (Å²) in [6.45, 7) is 3.09. The van der Waals surface area contributed by atoms with Crippen LogP contribution in [0.5, 0.6) is 5.88 Å². The van der Waals surface area contributed by atoms with E-state index in [9.17, 15) is 23.1 Å². The number of ether oxygens (including phenoxy) is 1. The molecule has 1 aliphatic heterocycles. The van der Waals surface area contributed by atoms with Crippen LogP contribution in [0.15, 0.2) is 36.5 Å². The van der Waals surface area contributed by atoms with Gasteiger partial charge in [-0.05, 0) is 61.4 Å². The van der Waals surface area contributed by atoms with Crippen molar-refractivity contribution in [1.29, 1.82) is 0 Å². The topological polar surface area (TPSA) is 83.5 Å². The molecule has 9 heteroatoms. The Kier molecular flexibility index (Phi) is 8.20. The fourth-order valence-electron chi connectivity index (χ4n) is 5.03. The van der Waals surface area contributed by atoms with Crippen LogP contribution in [0.1, 0.15) is 62.3 Å². The number of aliphatic hydroxyl groups excluding tert-OH is 1. The molecular formula is C27H34F3N3O3. The molecule has 36 heavy (non-hydrogen) atoms. The normalized spacial score (nSPS) is 20.7. The zero-order chi connectivity index (χ0) is 25.9. The van der Waals surface area contributed by atoms with E-state index in [1.54, 1.807) is 18.3 Å². The number of hydrogen-bond donors (Lipinski definition) is 3. The van der Waals surface area contributed by atoms with Gasteiger partial charge >= 0.3 is 0 Å². The van der Waals surface area contributed by atoms with Gasteiger partial charge in [-0.25, -0.2) is 18.2 Å². The number of aliphatic hydroxyl groups is 1. The van der Waals surface area contributed by atoms with Crippen molar-refractivity contribution in [2.24, 2.45) is 5.92 Å². The first-order chi connectivity index (χ1) is 17.1. The van der Waals surface area contributed by atoms with E-state index < -0.39 is 24.5 Å². The summed E-state index contributed by atoms with van der Waals surface area (Å²) in [5.41, 5.74) is 2.01. The summed E-state index contributed by atoms with van der Waals surface area (Å²) in [4.78, 5) is 16.3. The molecule has 1 aromatic heterocycles. The second kappa shape index (κ2) is 11.2. The monoisotopic (exact) mass is 505 g/mol. The van der Waals surface area contributed by atoms with E-state index in [2.05, 4.69) is 15.6 Å². The lowest BCUT2D eigenvalue weighted by Gasteiger charge is -2.47. The Balaban J connectivity index is 1.49. The largest absolute Gasteiger partial charge is 0.471 e. The van der Waals surface area contributed by atoms with Crippen molar-refractivity contribution in [2.75, 3.05) is 6.54 Å². The number of pyridine rings is 1. The van der Waals surface area contributed by atoms with Crippen molar-refractivity contribution in [1.82, 2.24) is 15.6 Å². The minimum atomic E-state index is -2.41. The van der Waals surface area contributed by atoms with Gasteiger partial charge in [0.2, 0.25) is 18.2 Å². The van der Waals surface area contributed by atoms with Crippen molar-refractivity contribution in [3.05, 3.63) is 59.0 Å². The van der Waals surface area contributed by atoms with E-state index in [0.717, 1.165) is 36.0 Å². The van der Waals surface area contributed by atoms with Crippen molar-refractivity contribution in [3.63, 3.8) is 0 Å². The maximum atomic E-state index is 13.3. The minimum absolute atomic E-state index is 0.179. The summed E-state index contributed by atoms with van der Waals surface area (Å²) in [6.07, 6.45) is 2.41. The predicted octanol–water partition coefficient (Wildman–Crippen LogP) is 4.11. The minimum Gasteiger partial charge on any atom is -0.471 e. The Morgan fingerprint density at radius 3 is 2.56 bits per heavy atom. The lowest BCUT2D eigenvalue weighted by atomic mass is 9.73. The molecule has 4 rings (SSSR count). The molecule has 4 atom stereocenters. The highest BCUT2D eigenvalue weighted by Crippen LogP contribution is 2.48. The van der Waals surface area contributed by atoms with Gasteiger partial charge in [-0.15, -0.1) is 0 Å². The molecule has 0 saturated heterocycles.